The van der Waals surface area contributed by atoms with Crippen LogP contribution in [0, 0.1) is 5.92 Å². The van der Waals surface area contributed by atoms with Crippen LogP contribution in [0.4, 0.5) is 0 Å². The van der Waals surface area contributed by atoms with Gasteiger partial charge in [-0.2, -0.15) is 0 Å². The van der Waals surface area contributed by atoms with Gasteiger partial charge in [0.15, 0.2) is 0 Å². The molecule has 0 heterocycles. The molecule has 0 aromatic carbocycles. The molecule has 0 aromatic heterocycles. The van der Waals surface area contributed by atoms with Crippen LogP contribution in [0.5, 0.6) is 0 Å². The van der Waals surface area contributed by atoms with Gasteiger partial charge in [0, 0.05) is 0 Å². The average Bonchev–Trinajstić information content (AvgIpc) is 1.86. The Hall–Kier alpha value is -0.120. The van der Waals surface area contributed by atoms with Gasteiger partial charge in [-0.1, -0.05) is 0 Å². The zero-order valence-corrected chi connectivity index (χ0v) is 6.34. The first kappa shape index (κ1) is 7.98. The molecule has 1 fully saturated rings. The molecule has 10 heavy (non-hydrogen) atoms. The topological polar surface area (TPSA) is 78.1 Å². The standard InChI is InChI=1S/C7H17N3/c8-5-6-2-1-3-7(9,10)4-6/h6H,1-5,8-10H2. The van der Waals surface area contributed by atoms with Crippen molar-refractivity contribution in [2.24, 2.45) is 23.1 Å². The molecule has 3 nitrogen and oxygen atoms in total. The maximum Gasteiger partial charge on any atom is 0.0639 e. The Labute approximate surface area is 61.9 Å². The predicted molar refractivity (Wildman–Crippen MR) is 42.1 cm³/mol. The summed E-state index contributed by atoms with van der Waals surface area (Å²) in [5.41, 5.74) is 16.6. The molecular formula is C7H17N3. The summed E-state index contributed by atoms with van der Waals surface area (Å²) in [7, 11) is 0. The Kier molecular flexibility index (Phi) is 2.28. The van der Waals surface area contributed by atoms with Crippen molar-refractivity contribution in [2.45, 2.75) is 31.3 Å². The quantitative estimate of drug-likeness (QED) is 0.443. The van der Waals surface area contributed by atoms with E-state index in [2.05, 4.69) is 0 Å². The van der Waals surface area contributed by atoms with Crippen molar-refractivity contribution in [2.75, 3.05) is 6.54 Å². The highest BCUT2D eigenvalue weighted by Gasteiger charge is 2.27. The Bertz CT molecular complexity index is 111. The van der Waals surface area contributed by atoms with E-state index in [1.807, 2.05) is 0 Å². The van der Waals surface area contributed by atoms with Gasteiger partial charge in [-0.3, -0.25) is 0 Å². The Morgan fingerprint density at radius 2 is 2.10 bits per heavy atom. The molecule has 3 heteroatoms. The van der Waals surface area contributed by atoms with Gasteiger partial charge in [-0.15, -0.1) is 0 Å². The van der Waals surface area contributed by atoms with Crippen molar-refractivity contribution in [3.63, 3.8) is 0 Å². The lowest BCUT2D eigenvalue weighted by Crippen LogP contribution is -2.53. The van der Waals surface area contributed by atoms with Crippen LogP contribution in [0.1, 0.15) is 25.7 Å². The SMILES string of the molecule is NCC1CCCC(N)(N)C1. The Morgan fingerprint density at radius 3 is 2.50 bits per heavy atom. The molecule has 0 amide bonds. The predicted octanol–water partition coefficient (Wildman–Crippen LogP) is -0.251. The molecule has 1 unspecified atom stereocenters. The molecule has 60 valence electrons. The molecule has 1 saturated carbocycles. The normalized spacial score (nSPS) is 32.1. The van der Waals surface area contributed by atoms with Gasteiger partial charge in [0.25, 0.3) is 0 Å². The van der Waals surface area contributed by atoms with Gasteiger partial charge in [0.2, 0.25) is 0 Å². The lowest BCUT2D eigenvalue weighted by Gasteiger charge is -2.34. The van der Waals surface area contributed by atoms with Crippen molar-refractivity contribution in [3.8, 4) is 0 Å². The third kappa shape index (κ3) is 1.94. The van der Waals surface area contributed by atoms with Gasteiger partial charge in [-0.05, 0) is 38.1 Å². The van der Waals surface area contributed by atoms with Gasteiger partial charge >= 0.3 is 0 Å². The van der Waals surface area contributed by atoms with Crippen LogP contribution in [0.2, 0.25) is 0 Å². The van der Waals surface area contributed by atoms with Gasteiger partial charge in [0.1, 0.15) is 0 Å². The monoisotopic (exact) mass is 143 g/mol. The van der Waals surface area contributed by atoms with Crippen molar-refractivity contribution >= 4 is 0 Å². The fourth-order valence-electron chi connectivity index (χ4n) is 1.66. The van der Waals surface area contributed by atoms with Crippen LogP contribution < -0.4 is 17.2 Å². The van der Waals surface area contributed by atoms with Crippen molar-refractivity contribution in [1.82, 2.24) is 0 Å². The summed E-state index contributed by atoms with van der Waals surface area (Å²) >= 11 is 0. The maximum absolute atomic E-state index is 5.77. The van der Waals surface area contributed by atoms with Crippen LogP contribution in [0.25, 0.3) is 0 Å². The van der Waals surface area contributed by atoms with Crippen LogP contribution >= 0.6 is 0 Å². The zero-order chi connectivity index (χ0) is 7.61. The van der Waals surface area contributed by atoms with Crippen molar-refractivity contribution < 1.29 is 0 Å². The summed E-state index contributed by atoms with van der Waals surface area (Å²) in [6.45, 7) is 0.732. The second-order valence-corrected chi connectivity index (χ2v) is 3.43. The van der Waals surface area contributed by atoms with Crippen molar-refractivity contribution in [1.29, 1.82) is 0 Å². The average molecular weight is 143 g/mol. The fraction of sp³-hybridized carbons (Fsp3) is 1.00. The van der Waals surface area contributed by atoms with Crippen LogP contribution in [0.3, 0.4) is 0 Å². The summed E-state index contributed by atoms with van der Waals surface area (Å²) in [5.74, 6) is 0.559. The number of hydrogen-bond donors (Lipinski definition) is 3. The summed E-state index contributed by atoms with van der Waals surface area (Å²) in [4.78, 5) is 0. The first-order valence-electron chi connectivity index (χ1n) is 3.92. The molecule has 0 bridgehead atoms. The summed E-state index contributed by atoms with van der Waals surface area (Å²) in [5, 5.41) is 0. The van der Waals surface area contributed by atoms with E-state index < -0.39 is 5.66 Å². The van der Waals surface area contributed by atoms with E-state index in [1.54, 1.807) is 0 Å². The van der Waals surface area contributed by atoms with E-state index in [9.17, 15) is 0 Å². The van der Waals surface area contributed by atoms with Crippen molar-refractivity contribution in [3.05, 3.63) is 0 Å². The second-order valence-electron chi connectivity index (χ2n) is 3.43. The number of rotatable bonds is 1. The minimum absolute atomic E-state index is 0.428. The largest absolute Gasteiger partial charge is 0.330 e. The molecule has 1 aliphatic rings. The zero-order valence-electron chi connectivity index (χ0n) is 6.34. The Balaban J connectivity index is 2.40. The number of hydrogen-bond acceptors (Lipinski definition) is 3. The summed E-state index contributed by atoms with van der Waals surface area (Å²) < 4.78 is 0. The minimum Gasteiger partial charge on any atom is -0.330 e. The smallest absolute Gasteiger partial charge is 0.0639 e. The maximum atomic E-state index is 5.77. The van der Waals surface area contributed by atoms with E-state index >= 15 is 0 Å². The van der Waals surface area contributed by atoms with Gasteiger partial charge < -0.3 is 17.2 Å². The highest BCUT2D eigenvalue weighted by atomic mass is 15.0. The van der Waals surface area contributed by atoms with Crippen LogP contribution in [-0.4, -0.2) is 12.2 Å². The van der Waals surface area contributed by atoms with E-state index in [4.69, 9.17) is 17.2 Å². The lowest BCUT2D eigenvalue weighted by molar-refractivity contribution is 0.235. The molecule has 0 aromatic rings. The fourth-order valence-corrected chi connectivity index (χ4v) is 1.66. The van der Waals surface area contributed by atoms with Gasteiger partial charge in [0.05, 0.1) is 5.66 Å². The molecule has 1 atom stereocenters. The van der Waals surface area contributed by atoms with Gasteiger partial charge in [-0.25, -0.2) is 0 Å². The molecule has 1 aliphatic carbocycles. The van der Waals surface area contributed by atoms with Crippen LogP contribution in [0.15, 0.2) is 0 Å². The van der Waals surface area contributed by atoms with E-state index in [0.29, 0.717) is 5.92 Å². The molecule has 0 aliphatic heterocycles. The molecule has 0 radical (unpaired) electrons. The Morgan fingerprint density at radius 1 is 1.40 bits per heavy atom. The first-order chi connectivity index (χ1) is 4.64. The van der Waals surface area contributed by atoms with E-state index in [1.165, 1.54) is 6.42 Å². The van der Waals surface area contributed by atoms with E-state index in [0.717, 1.165) is 25.8 Å². The highest BCUT2D eigenvalue weighted by molar-refractivity contribution is 4.85. The van der Waals surface area contributed by atoms with Crippen LogP contribution in [-0.2, 0) is 0 Å². The lowest BCUT2D eigenvalue weighted by atomic mass is 9.82. The third-order valence-corrected chi connectivity index (χ3v) is 2.26. The highest BCUT2D eigenvalue weighted by Crippen LogP contribution is 2.26. The number of nitrogens with two attached hydrogens (primary N) is 3. The first-order valence-corrected chi connectivity index (χ1v) is 3.92. The van der Waals surface area contributed by atoms with E-state index in [-0.39, 0.29) is 0 Å². The molecule has 0 saturated heterocycles. The second kappa shape index (κ2) is 2.86. The summed E-state index contributed by atoms with van der Waals surface area (Å²) in [6.07, 6.45) is 4.18. The minimum atomic E-state index is -0.428. The molecular weight excluding hydrogens is 126 g/mol. The molecule has 6 N–H and O–H groups in total. The third-order valence-electron chi connectivity index (χ3n) is 2.26. The molecule has 1 rings (SSSR count). The summed E-state index contributed by atoms with van der Waals surface area (Å²) in [6, 6.07) is 0. The molecule has 0 spiro atoms.